The van der Waals surface area contributed by atoms with Crippen LogP contribution in [-0.2, 0) is 0 Å². The Labute approximate surface area is 191 Å². The van der Waals surface area contributed by atoms with E-state index in [1.807, 2.05) is 0 Å². The molecule has 4 aliphatic rings. The number of nitrogens with one attached hydrogen (secondary N) is 1. The second-order valence-electron chi connectivity index (χ2n) is 11.0. The van der Waals surface area contributed by atoms with Gasteiger partial charge in [-0.05, 0) is 114 Å². The van der Waals surface area contributed by atoms with Crippen LogP contribution in [0.25, 0.3) is 0 Å². The molecular weight excluding hydrogens is 380 g/mol. The van der Waals surface area contributed by atoms with Crippen molar-refractivity contribution in [3.63, 3.8) is 0 Å². The van der Waals surface area contributed by atoms with E-state index in [0.717, 1.165) is 30.7 Å². The summed E-state index contributed by atoms with van der Waals surface area (Å²) in [6, 6.07) is 0.266. The Morgan fingerprint density at radius 2 is 1.42 bits per heavy atom. The number of rotatable bonds is 6. The molecule has 4 aliphatic heterocycles. The molecule has 1 N–H and O–H groups in total. The molecule has 0 aromatic heterocycles. The summed E-state index contributed by atoms with van der Waals surface area (Å²) in [6.07, 6.45) is 21.1. The van der Waals surface area contributed by atoms with Gasteiger partial charge in [-0.1, -0.05) is 18.9 Å². The van der Waals surface area contributed by atoms with Gasteiger partial charge in [0, 0.05) is 26.2 Å². The van der Waals surface area contributed by atoms with Crippen LogP contribution in [-0.4, -0.2) is 79.6 Å². The smallest absolute Gasteiger partial charge is 0.0692 e. The monoisotopic (exact) mass is 426 g/mol. The van der Waals surface area contributed by atoms with Gasteiger partial charge in [0.2, 0.25) is 0 Å². The molecule has 0 spiro atoms. The third kappa shape index (κ3) is 7.24. The fourth-order valence-corrected chi connectivity index (χ4v) is 6.10. The van der Waals surface area contributed by atoms with Crippen molar-refractivity contribution in [3.05, 3.63) is 12.3 Å². The molecule has 0 aliphatic carbocycles. The first-order valence-electron chi connectivity index (χ1n) is 13.2. The van der Waals surface area contributed by atoms with Crippen LogP contribution < -0.4 is 5.32 Å². The Morgan fingerprint density at radius 1 is 0.839 bits per heavy atom. The van der Waals surface area contributed by atoms with Crippen molar-refractivity contribution in [2.75, 3.05) is 58.9 Å². The quantitative estimate of drug-likeness (QED) is 0.654. The minimum absolute atomic E-state index is 0.266. The van der Waals surface area contributed by atoms with E-state index >= 15 is 0 Å². The molecule has 31 heavy (non-hydrogen) atoms. The Bertz CT molecular complexity index is 587. The molecular formula is C27H46N4. The number of hydrogen-bond acceptors (Lipinski definition) is 4. The zero-order chi connectivity index (χ0) is 21.5. The zero-order valence-corrected chi connectivity index (χ0v) is 20.0. The first kappa shape index (κ1) is 23.1. The highest BCUT2D eigenvalue weighted by molar-refractivity contribution is 5.05. The maximum Gasteiger partial charge on any atom is 0.0692 e. The summed E-state index contributed by atoms with van der Waals surface area (Å²) in [7, 11) is 0. The Morgan fingerprint density at radius 3 is 2.03 bits per heavy atom. The molecule has 0 radical (unpaired) electrons. The predicted octanol–water partition coefficient (Wildman–Crippen LogP) is 3.66. The molecule has 174 valence electrons. The van der Waals surface area contributed by atoms with E-state index in [2.05, 4.69) is 45.1 Å². The van der Waals surface area contributed by atoms with Crippen LogP contribution in [0.15, 0.2) is 12.3 Å². The Balaban J connectivity index is 1.10. The first-order valence-corrected chi connectivity index (χ1v) is 13.2. The van der Waals surface area contributed by atoms with Crippen molar-refractivity contribution >= 4 is 0 Å². The van der Waals surface area contributed by atoms with E-state index in [4.69, 9.17) is 6.42 Å². The SMILES string of the molecule is C#CC1CC(C=CN2CCC(CN3CCC(CN4CCC(C)CC4)CC3)CC2)CCN1. The fourth-order valence-electron chi connectivity index (χ4n) is 6.10. The van der Waals surface area contributed by atoms with Gasteiger partial charge in [0.1, 0.15) is 0 Å². The second kappa shape index (κ2) is 11.7. The third-order valence-electron chi connectivity index (χ3n) is 8.48. The third-order valence-corrected chi connectivity index (χ3v) is 8.48. The van der Waals surface area contributed by atoms with E-state index in [1.165, 1.54) is 97.3 Å². The van der Waals surface area contributed by atoms with Gasteiger partial charge in [-0.15, -0.1) is 6.42 Å². The molecule has 0 saturated carbocycles. The van der Waals surface area contributed by atoms with Crippen molar-refractivity contribution in [2.45, 2.75) is 64.3 Å². The number of hydrogen-bond donors (Lipinski definition) is 1. The van der Waals surface area contributed by atoms with Gasteiger partial charge in [0.05, 0.1) is 6.04 Å². The largest absolute Gasteiger partial charge is 0.378 e. The minimum Gasteiger partial charge on any atom is -0.378 e. The topological polar surface area (TPSA) is 21.8 Å². The van der Waals surface area contributed by atoms with Crippen LogP contribution in [0.1, 0.15) is 58.3 Å². The molecule has 4 rings (SSSR count). The van der Waals surface area contributed by atoms with Crippen LogP contribution in [0.5, 0.6) is 0 Å². The fraction of sp³-hybridized carbons (Fsp3) is 0.852. The summed E-state index contributed by atoms with van der Waals surface area (Å²) in [5.74, 6) is 6.32. The minimum atomic E-state index is 0.266. The summed E-state index contributed by atoms with van der Waals surface area (Å²) < 4.78 is 0. The highest BCUT2D eigenvalue weighted by Gasteiger charge is 2.26. The number of likely N-dealkylation sites (tertiary alicyclic amines) is 3. The van der Waals surface area contributed by atoms with Gasteiger partial charge in [0.25, 0.3) is 0 Å². The molecule has 0 aromatic carbocycles. The highest BCUT2D eigenvalue weighted by atomic mass is 15.2. The van der Waals surface area contributed by atoms with Gasteiger partial charge < -0.3 is 20.0 Å². The lowest BCUT2D eigenvalue weighted by atomic mass is 9.91. The van der Waals surface area contributed by atoms with Gasteiger partial charge in [-0.25, -0.2) is 0 Å². The van der Waals surface area contributed by atoms with Crippen molar-refractivity contribution in [1.29, 1.82) is 0 Å². The molecule has 4 fully saturated rings. The van der Waals surface area contributed by atoms with Crippen molar-refractivity contribution in [2.24, 2.45) is 23.7 Å². The maximum atomic E-state index is 5.60. The lowest BCUT2D eigenvalue weighted by Gasteiger charge is -2.39. The summed E-state index contributed by atoms with van der Waals surface area (Å²) in [5.41, 5.74) is 0. The van der Waals surface area contributed by atoms with Crippen LogP contribution in [0.3, 0.4) is 0 Å². The number of terminal acetylenes is 1. The molecule has 4 heteroatoms. The molecule has 4 nitrogen and oxygen atoms in total. The van der Waals surface area contributed by atoms with Gasteiger partial charge in [0.15, 0.2) is 0 Å². The standard InChI is InChI=1S/C27H46N4/c1-3-27-20-24(4-12-28-27)7-15-29-16-8-25(9-17-29)22-31-18-10-26(11-19-31)21-30-13-5-23(2)6-14-30/h1,7,15,23-28H,4-6,8-14,16-22H2,2H3. The number of allylic oxidation sites excluding steroid dienone is 1. The van der Waals surface area contributed by atoms with Gasteiger partial charge >= 0.3 is 0 Å². The predicted molar refractivity (Wildman–Crippen MR) is 131 cm³/mol. The number of piperidine rings is 4. The average molecular weight is 427 g/mol. The van der Waals surface area contributed by atoms with Crippen molar-refractivity contribution in [3.8, 4) is 12.3 Å². The highest BCUT2D eigenvalue weighted by Crippen LogP contribution is 2.25. The molecule has 0 amide bonds. The molecule has 4 heterocycles. The van der Waals surface area contributed by atoms with Crippen LogP contribution in [0, 0.1) is 36.0 Å². The molecule has 2 unspecified atom stereocenters. The lowest BCUT2D eigenvalue weighted by molar-refractivity contribution is 0.102. The van der Waals surface area contributed by atoms with E-state index in [9.17, 15) is 0 Å². The normalized spacial score (nSPS) is 31.3. The zero-order valence-electron chi connectivity index (χ0n) is 20.0. The molecule has 0 bridgehead atoms. The molecule has 0 aromatic rings. The lowest BCUT2D eigenvalue weighted by Crippen LogP contribution is -2.43. The Kier molecular flexibility index (Phi) is 8.76. The van der Waals surface area contributed by atoms with Crippen LogP contribution >= 0.6 is 0 Å². The molecule has 2 atom stereocenters. The summed E-state index contributed by atoms with van der Waals surface area (Å²) in [4.78, 5) is 8.08. The summed E-state index contributed by atoms with van der Waals surface area (Å²) in [6.45, 7) is 14.0. The van der Waals surface area contributed by atoms with Gasteiger partial charge in [-0.3, -0.25) is 0 Å². The van der Waals surface area contributed by atoms with E-state index in [1.54, 1.807) is 0 Å². The van der Waals surface area contributed by atoms with Crippen LogP contribution in [0.4, 0.5) is 0 Å². The maximum absolute atomic E-state index is 5.60. The van der Waals surface area contributed by atoms with Crippen LogP contribution in [0.2, 0.25) is 0 Å². The van der Waals surface area contributed by atoms with Crippen molar-refractivity contribution in [1.82, 2.24) is 20.0 Å². The van der Waals surface area contributed by atoms with E-state index in [0.29, 0.717) is 5.92 Å². The first-order chi connectivity index (χ1) is 15.2. The second-order valence-corrected chi connectivity index (χ2v) is 11.0. The summed E-state index contributed by atoms with van der Waals surface area (Å²) >= 11 is 0. The molecule has 4 saturated heterocycles. The van der Waals surface area contributed by atoms with Gasteiger partial charge in [-0.2, -0.15) is 0 Å². The Hall–Kier alpha value is -1.02. The number of nitrogens with zero attached hydrogens (tertiary/aromatic N) is 3. The average Bonchev–Trinajstić information content (AvgIpc) is 2.81. The van der Waals surface area contributed by atoms with Crippen molar-refractivity contribution < 1.29 is 0 Å². The van der Waals surface area contributed by atoms with E-state index < -0.39 is 0 Å². The van der Waals surface area contributed by atoms with E-state index in [-0.39, 0.29) is 6.04 Å². The summed E-state index contributed by atoms with van der Waals surface area (Å²) in [5, 5.41) is 3.42.